The molecule has 2 atom stereocenters. The molecule has 1 fully saturated rings. The average molecular weight is 342 g/mol. The zero-order valence-electron chi connectivity index (χ0n) is 15.7. The first kappa shape index (κ1) is 17.7. The van der Waals surface area contributed by atoms with Crippen molar-refractivity contribution in [2.75, 3.05) is 0 Å². The maximum absolute atomic E-state index is 10.7. The largest absolute Gasteiger partial charge is 0.386 e. The number of allylic oxidation sites excluding steroid dienone is 2. The number of aliphatic hydroxyl groups is 1. The Balaban J connectivity index is 1.71. The van der Waals surface area contributed by atoms with E-state index in [0.717, 1.165) is 19.4 Å². The summed E-state index contributed by atoms with van der Waals surface area (Å²) in [6, 6.07) is 9.08. The van der Waals surface area contributed by atoms with Gasteiger partial charge < -0.3 is 10.4 Å². The van der Waals surface area contributed by atoms with E-state index in [1.807, 2.05) is 6.92 Å². The van der Waals surface area contributed by atoms with Crippen LogP contribution in [0.5, 0.6) is 0 Å². The molecule has 2 unspecified atom stereocenters. The van der Waals surface area contributed by atoms with Gasteiger partial charge in [-0.15, -0.1) is 0 Å². The van der Waals surface area contributed by atoms with E-state index >= 15 is 0 Å². The highest BCUT2D eigenvalue weighted by atomic mass is 28.3. The summed E-state index contributed by atoms with van der Waals surface area (Å²) in [6.07, 6.45) is 7.22. The molecule has 2 N–H and O–H groups in total. The molecule has 130 valence electrons. The van der Waals surface area contributed by atoms with Crippen LogP contribution in [-0.2, 0) is 6.54 Å². The molecule has 3 heteroatoms. The molecule has 1 saturated carbocycles. The number of hydrogen-bond donors (Lipinski definition) is 2. The molecule has 0 saturated heterocycles. The van der Waals surface area contributed by atoms with E-state index in [9.17, 15) is 5.11 Å². The Morgan fingerprint density at radius 1 is 1.00 bits per heavy atom. The van der Waals surface area contributed by atoms with E-state index in [4.69, 9.17) is 0 Å². The minimum Gasteiger partial charge on any atom is -0.386 e. The molecule has 24 heavy (non-hydrogen) atoms. The minimum atomic E-state index is -1.23. The smallest absolute Gasteiger partial charge is 0.0823 e. The van der Waals surface area contributed by atoms with Crippen LogP contribution in [0.4, 0.5) is 0 Å². The fourth-order valence-corrected chi connectivity index (χ4v) is 5.18. The van der Waals surface area contributed by atoms with Crippen LogP contribution in [0, 0.1) is 0 Å². The first-order chi connectivity index (χ1) is 11.0. The van der Waals surface area contributed by atoms with Gasteiger partial charge in [0.1, 0.15) is 0 Å². The summed E-state index contributed by atoms with van der Waals surface area (Å²) in [4.78, 5) is 0. The molecule has 0 amide bonds. The molecule has 0 aliphatic heterocycles. The fraction of sp³-hybridized carbons (Fsp3) is 0.524. The average Bonchev–Trinajstić information content (AvgIpc) is 2.40. The SMILES string of the molecule is CC1(O)C=C2CC(=CC(C)(NCc3ccc([Si](C)(C)C)cc3)C1)C2. The molecular weight excluding hydrogens is 310 g/mol. The monoisotopic (exact) mass is 341 g/mol. The van der Waals surface area contributed by atoms with Crippen molar-refractivity contribution in [3.05, 3.63) is 53.1 Å². The molecule has 2 nitrogen and oxygen atoms in total. The van der Waals surface area contributed by atoms with Crippen molar-refractivity contribution in [2.24, 2.45) is 0 Å². The second-order valence-corrected chi connectivity index (χ2v) is 14.3. The Bertz CT molecular complexity index is 669. The lowest BCUT2D eigenvalue weighted by molar-refractivity contribution is 0.0747. The van der Waals surface area contributed by atoms with Crippen molar-refractivity contribution >= 4 is 13.3 Å². The zero-order valence-corrected chi connectivity index (χ0v) is 16.7. The molecule has 1 aromatic carbocycles. The first-order valence-corrected chi connectivity index (χ1v) is 12.5. The maximum atomic E-state index is 10.7. The summed E-state index contributed by atoms with van der Waals surface area (Å²) in [6.45, 7) is 12.1. The Labute approximate surface area is 147 Å². The lowest BCUT2D eigenvalue weighted by atomic mass is 9.73. The van der Waals surface area contributed by atoms with Crippen LogP contribution < -0.4 is 10.5 Å². The molecule has 0 spiro atoms. The van der Waals surface area contributed by atoms with Crippen LogP contribution in [0.15, 0.2) is 47.6 Å². The van der Waals surface area contributed by atoms with E-state index in [-0.39, 0.29) is 5.54 Å². The van der Waals surface area contributed by atoms with Gasteiger partial charge in [0.05, 0.1) is 13.7 Å². The van der Waals surface area contributed by atoms with Gasteiger partial charge in [-0.2, -0.15) is 0 Å². The predicted molar refractivity (Wildman–Crippen MR) is 105 cm³/mol. The Kier molecular flexibility index (Phi) is 4.39. The van der Waals surface area contributed by atoms with Gasteiger partial charge in [-0.05, 0) is 32.3 Å². The van der Waals surface area contributed by atoms with Gasteiger partial charge in [0.25, 0.3) is 0 Å². The lowest BCUT2D eigenvalue weighted by Crippen LogP contribution is -2.47. The first-order valence-electron chi connectivity index (χ1n) is 9.03. The summed E-state index contributed by atoms with van der Waals surface area (Å²) in [5.74, 6) is 0. The molecule has 3 aliphatic rings. The van der Waals surface area contributed by atoms with Crippen molar-refractivity contribution in [3.8, 4) is 0 Å². The van der Waals surface area contributed by atoms with Crippen molar-refractivity contribution in [1.29, 1.82) is 0 Å². The van der Waals surface area contributed by atoms with E-state index in [0.29, 0.717) is 6.42 Å². The number of nitrogens with one attached hydrogen (secondary N) is 1. The zero-order chi connectivity index (χ0) is 17.6. The van der Waals surface area contributed by atoms with Gasteiger partial charge >= 0.3 is 0 Å². The van der Waals surface area contributed by atoms with Crippen LogP contribution >= 0.6 is 0 Å². The number of benzene rings is 1. The number of rotatable bonds is 4. The summed E-state index contributed by atoms with van der Waals surface area (Å²) < 4.78 is 0. The molecular formula is C21H31NOSi. The molecule has 0 heterocycles. The standard InChI is InChI=1S/C21H31NOSi/c1-20(12-17-10-18(11-17)13-21(2,23)15-20)22-14-16-6-8-19(9-7-16)24(3,4)5/h6-9,12-13,22-23H,10-11,14-15H2,1-5H3. The number of hydrogen-bond acceptors (Lipinski definition) is 2. The second kappa shape index (κ2) is 5.97. The third kappa shape index (κ3) is 4.08. The molecule has 1 aromatic rings. The molecule has 3 aliphatic carbocycles. The van der Waals surface area contributed by atoms with Crippen molar-refractivity contribution in [3.63, 3.8) is 0 Å². The van der Waals surface area contributed by atoms with Gasteiger partial charge in [-0.25, -0.2) is 0 Å². The van der Waals surface area contributed by atoms with Crippen LogP contribution in [0.3, 0.4) is 0 Å². The fourth-order valence-electron chi connectivity index (χ4n) is 4.01. The normalized spacial score (nSPS) is 29.9. The molecule has 2 bridgehead atoms. The van der Waals surface area contributed by atoms with Gasteiger partial charge in [0.15, 0.2) is 0 Å². The summed E-state index contributed by atoms with van der Waals surface area (Å²) in [5.41, 5.74) is 3.29. The summed E-state index contributed by atoms with van der Waals surface area (Å²) >= 11 is 0. The summed E-state index contributed by atoms with van der Waals surface area (Å²) in [7, 11) is -1.23. The van der Waals surface area contributed by atoms with Gasteiger partial charge in [-0.1, -0.05) is 72.4 Å². The number of fused-ring (bicyclic) bond motifs is 4. The van der Waals surface area contributed by atoms with Gasteiger partial charge in [0, 0.05) is 18.5 Å². The molecule has 0 aromatic heterocycles. The summed E-state index contributed by atoms with van der Waals surface area (Å²) in [5, 5.41) is 15.9. The van der Waals surface area contributed by atoms with Crippen LogP contribution in [-0.4, -0.2) is 24.3 Å². The van der Waals surface area contributed by atoms with E-state index in [2.05, 4.69) is 68.3 Å². The van der Waals surface area contributed by atoms with Crippen LogP contribution in [0.25, 0.3) is 0 Å². The second-order valence-electron chi connectivity index (χ2n) is 9.21. The molecule has 0 radical (unpaired) electrons. The Hall–Kier alpha value is -1.16. The molecule has 4 rings (SSSR count). The van der Waals surface area contributed by atoms with E-state index in [1.165, 1.54) is 21.9 Å². The van der Waals surface area contributed by atoms with Crippen molar-refractivity contribution < 1.29 is 5.11 Å². The predicted octanol–water partition coefficient (Wildman–Crippen LogP) is 3.88. The van der Waals surface area contributed by atoms with E-state index in [1.54, 1.807) is 0 Å². The minimum absolute atomic E-state index is 0.168. The van der Waals surface area contributed by atoms with Crippen molar-refractivity contribution in [2.45, 2.75) is 70.4 Å². The van der Waals surface area contributed by atoms with Gasteiger partial charge in [0.2, 0.25) is 0 Å². The van der Waals surface area contributed by atoms with Gasteiger partial charge in [-0.3, -0.25) is 0 Å². The maximum Gasteiger partial charge on any atom is 0.0823 e. The van der Waals surface area contributed by atoms with Crippen LogP contribution in [0.2, 0.25) is 19.6 Å². The highest BCUT2D eigenvalue weighted by Gasteiger charge is 2.36. The third-order valence-corrected chi connectivity index (χ3v) is 7.25. The van der Waals surface area contributed by atoms with Crippen molar-refractivity contribution in [1.82, 2.24) is 5.32 Å². The third-order valence-electron chi connectivity index (χ3n) is 5.19. The lowest BCUT2D eigenvalue weighted by Gasteiger charge is -2.40. The Morgan fingerprint density at radius 2 is 1.58 bits per heavy atom. The van der Waals surface area contributed by atoms with E-state index < -0.39 is 13.7 Å². The van der Waals surface area contributed by atoms with Crippen LogP contribution in [0.1, 0.15) is 38.7 Å². The highest BCUT2D eigenvalue weighted by Crippen LogP contribution is 2.40. The topological polar surface area (TPSA) is 32.3 Å². The highest BCUT2D eigenvalue weighted by molar-refractivity contribution is 6.88. The Morgan fingerprint density at radius 3 is 2.17 bits per heavy atom. The quantitative estimate of drug-likeness (QED) is 0.643.